The predicted molar refractivity (Wildman–Crippen MR) is 73.9 cm³/mol. The molecule has 1 fully saturated rings. The zero-order valence-corrected chi connectivity index (χ0v) is 11.7. The highest BCUT2D eigenvalue weighted by Crippen LogP contribution is 2.22. The van der Waals surface area contributed by atoms with Crippen molar-refractivity contribution in [2.75, 3.05) is 5.32 Å². The van der Waals surface area contributed by atoms with Gasteiger partial charge in [0.2, 0.25) is 5.91 Å². The molecule has 2 heterocycles. The third kappa shape index (κ3) is 4.35. The van der Waals surface area contributed by atoms with Gasteiger partial charge in [-0.25, -0.2) is 0 Å². The molecule has 0 aromatic carbocycles. The second-order valence-electron chi connectivity index (χ2n) is 5.11. The monoisotopic (exact) mass is 276 g/mol. The maximum atomic E-state index is 11.8. The molecule has 0 saturated carbocycles. The van der Waals surface area contributed by atoms with E-state index in [0.29, 0.717) is 31.3 Å². The lowest BCUT2D eigenvalue weighted by molar-refractivity contribution is -0.116. The van der Waals surface area contributed by atoms with E-state index in [1.54, 1.807) is 16.9 Å². The minimum atomic E-state index is -0.0429. The molecule has 2 atom stereocenters. The molecule has 1 N–H and O–H groups in total. The number of aryl methyl sites for hydroxylation is 1. The third-order valence-electron chi connectivity index (χ3n) is 3.37. The van der Waals surface area contributed by atoms with Gasteiger partial charge >= 0.3 is 0 Å². The largest absolute Gasteiger partial charge is 0.375 e. The first kappa shape index (κ1) is 14.5. The Labute approximate surface area is 118 Å². The Balaban J connectivity index is 1.71. The Hall–Kier alpha value is -1.87. The first-order chi connectivity index (χ1) is 9.67. The van der Waals surface area contributed by atoms with Gasteiger partial charge in [-0.05, 0) is 26.2 Å². The highest BCUT2D eigenvalue weighted by Gasteiger charge is 2.22. The van der Waals surface area contributed by atoms with Crippen LogP contribution in [0.1, 0.15) is 39.0 Å². The first-order valence-corrected chi connectivity index (χ1v) is 7.03. The molecule has 0 aliphatic carbocycles. The summed E-state index contributed by atoms with van der Waals surface area (Å²) in [5.41, 5.74) is 0. The van der Waals surface area contributed by atoms with Crippen molar-refractivity contribution in [3.05, 3.63) is 12.3 Å². The van der Waals surface area contributed by atoms with Gasteiger partial charge in [-0.2, -0.15) is 10.4 Å². The third-order valence-corrected chi connectivity index (χ3v) is 3.37. The van der Waals surface area contributed by atoms with Crippen LogP contribution in [0.3, 0.4) is 0 Å². The standard InChI is InChI=1S/C14H20N4O2/c1-11-3-4-12(20-11)5-6-14(19)16-13-7-10-18(17-13)9-2-8-15/h7,10-12H,2-6,9H2,1H3,(H,16,17,19). The second-order valence-corrected chi connectivity index (χ2v) is 5.11. The van der Waals surface area contributed by atoms with E-state index >= 15 is 0 Å². The van der Waals surface area contributed by atoms with Crippen LogP contribution in [0.5, 0.6) is 0 Å². The summed E-state index contributed by atoms with van der Waals surface area (Å²) in [6.45, 7) is 2.61. The first-order valence-electron chi connectivity index (χ1n) is 7.03. The summed E-state index contributed by atoms with van der Waals surface area (Å²) in [5.74, 6) is 0.493. The fourth-order valence-corrected chi connectivity index (χ4v) is 2.31. The summed E-state index contributed by atoms with van der Waals surface area (Å²) >= 11 is 0. The van der Waals surface area contributed by atoms with Crippen LogP contribution in [-0.2, 0) is 16.1 Å². The average molecular weight is 276 g/mol. The quantitative estimate of drug-likeness (QED) is 0.862. The molecule has 1 aromatic rings. The summed E-state index contributed by atoms with van der Waals surface area (Å²) in [5, 5.41) is 15.4. The molecule has 0 radical (unpaired) electrons. The van der Waals surface area contributed by atoms with E-state index in [4.69, 9.17) is 10.00 Å². The van der Waals surface area contributed by atoms with Gasteiger partial charge in [0.15, 0.2) is 5.82 Å². The normalized spacial score (nSPS) is 21.6. The summed E-state index contributed by atoms with van der Waals surface area (Å²) in [7, 11) is 0. The number of carbonyl (C=O) groups excluding carboxylic acids is 1. The molecule has 1 aliphatic heterocycles. The molecule has 0 spiro atoms. The Kier molecular flexibility index (Phi) is 5.13. The van der Waals surface area contributed by atoms with E-state index in [-0.39, 0.29) is 12.0 Å². The molecule has 2 rings (SSSR count). The van der Waals surface area contributed by atoms with Crippen molar-refractivity contribution in [2.24, 2.45) is 0 Å². The zero-order chi connectivity index (χ0) is 14.4. The Morgan fingerprint density at radius 3 is 3.20 bits per heavy atom. The van der Waals surface area contributed by atoms with Gasteiger partial charge in [0.25, 0.3) is 0 Å². The van der Waals surface area contributed by atoms with E-state index < -0.39 is 0 Å². The van der Waals surface area contributed by atoms with Crippen LogP contribution in [0, 0.1) is 11.3 Å². The number of hydrogen-bond acceptors (Lipinski definition) is 4. The van der Waals surface area contributed by atoms with E-state index in [1.807, 2.05) is 0 Å². The Morgan fingerprint density at radius 2 is 2.50 bits per heavy atom. The van der Waals surface area contributed by atoms with Crippen LogP contribution < -0.4 is 5.32 Å². The molecular weight excluding hydrogens is 256 g/mol. The molecular formula is C14H20N4O2. The fraction of sp³-hybridized carbons (Fsp3) is 0.643. The molecule has 2 unspecified atom stereocenters. The van der Waals surface area contributed by atoms with Gasteiger partial charge in [-0.1, -0.05) is 0 Å². The predicted octanol–water partition coefficient (Wildman–Crippen LogP) is 2.08. The number of nitrogens with zero attached hydrogens (tertiary/aromatic N) is 3. The minimum Gasteiger partial charge on any atom is -0.375 e. The van der Waals surface area contributed by atoms with Gasteiger partial charge in [0.05, 0.1) is 31.2 Å². The van der Waals surface area contributed by atoms with Gasteiger partial charge in [0, 0.05) is 18.7 Å². The number of aromatic nitrogens is 2. The van der Waals surface area contributed by atoms with Crippen LogP contribution in [0.25, 0.3) is 0 Å². The second kappa shape index (κ2) is 7.06. The van der Waals surface area contributed by atoms with Crippen molar-refractivity contribution in [1.82, 2.24) is 9.78 Å². The summed E-state index contributed by atoms with van der Waals surface area (Å²) < 4.78 is 7.33. The molecule has 20 heavy (non-hydrogen) atoms. The number of hydrogen-bond donors (Lipinski definition) is 1. The highest BCUT2D eigenvalue weighted by molar-refractivity contribution is 5.89. The summed E-state index contributed by atoms with van der Waals surface area (Å²) in [6, 6.07) is 3.80. The molecule has 1 saturated heterocycles. The van der Waals surface area contributed by atoms with E-state index in [9.17, 15) is 4.79 Å². The maximum absolute atomic E-state index is 11.8. The number of anilines is 1. The minimum absolute atomic E-state index is 0.0429. The Morgan fingerprint density at radius 1 is 1.65 bits per heavy atom. The molecule has 1 aromatic heterocycles. The SMILES string of the molecule is CC1CCC(CCC(=O)Nc2ccn(CCC#N)n2)O1. The summed E-state index contributed by atoms with van der Waals surface area (Å²) in [6.07, 6.45) is 6.02. The van der Waals surface area contributed by atoms with E-state index in [2.05, 4.69) is 23.4 Å². The van der Waals surface area contributed by atoms with Crippen LogP contribution in [0.15, 0.2) is 12.3 Å². The Bertz CT molecular complexity index is 492. The molecule has 6 nitrogen and oxygen atoms in total. The zero-order valence-electron chi connectivity index (χ0n) is 11.7. The fourth-order valence-electron chi connectivity index (χ4n) is 2.31. The topological polar surface area (TPSA) is 79.9 Å². The number of nitrogens with one attached hydrogen (secondary N) is 1. The van der Waals surface area contributed by atoms with Crippen LogP contribution in [0.2, 0.25) is 0 Å². The van der Waals surface area contributed by atoms with Crippen molar-refractivity contribution < 1.29 is 9.53 Å². The van der Waals surface area contributed by atoms with Crippen molar-refractivity contribution in [2.45, 2.75) is 57.8 Å². The van der Waals surface area contributed by atoms with Crippen molar-refractivity contribution >= 4 is 11.7 Å². The summed E-state index contributed by atoms with van der Waals surface area (Å²) in [4.78, 5) is 11.8. The van der Waals surface area contributed by atoms with Gasteiger partial charge in [-0.15, -0.1) is 0 Å². The maximum Gasteiger partial charge on any atom is 0.225 e. The van der Waals surface area contributed by atoms with Crippen molar-refractivity contribution in [1.29, 1.82) is 5.26 Å². The van der Waals surface area contributed by atoms with E-state index in [1.165, 1.54) is 0 Å². The molecule has 1 aliphatic rings. The van der Waals surface area contributed by atoms with Crippen LogP contribution in [-0.4, -0.2) is 27.9 Å². The number of amides is 1. The molecule has 1 amide bonds. The highest BCUT2D eigenvalue weighted by atomic mass is 16.5. The molecule has 6 heteroatoms. The lowest BCUT2D eigenvalue weighted by atomic mass is 10.1. The smallest absolute Gasteiger partial charge is 0.225 e. The number of nitriles is 1. The van der Waals surface area contributed by atoms with E-state index in [0.717, 1.165) is 19.3 Å². The van der Waals surface area contributed by atoms with Crippen LogP contribution >= 0.6 is 0 Å². The van der Waals surface area contributed by atoms with Gasteiger partial charge in [0.1, 0.15) is 0 Å². The number of ether oxygens (including phenoxy) is 1. The molecule has 108 valence electrons. The lowest BCUT2D eigenvalue weighted by Gasteiger charge is -2.10. The van der Waals surface area contributed by atoms with Gasteiger partial charge < -0.3 is 10.1 Å². The molecule has 0 bridgehead atoms. The number of rotatable bonds is 6. The average Bonchev–Trinajstić information content (AvgIpc) is 3.03. The van der Waals surface area contributed by atoms with Crippen molar-refractivity contribution in [3.8, 4) is 6.07 Å². The van der Waals surface area contributed by atoms with Crippen LogP contribution in [0.4, 0.5) is 5.82 Å². The van der Waals surface area contributed by atoms with Crippen molar-refractivity contribution in [3.63, 3.8) is 0 Å². The number of carbonyl (C=O) groups is 1. The lowest BCUT2D eigenvalue weighted by Crippen LogP contribution is -2.16. The van der Waals surface area contributed by atoms with Gasteiger partial charge in [-0.3, -0.25) is 9.48 Å².